The Balaban J connectivity index is 1.55. The van der Waals surface area contributed by atoms with Crippen molar-refractivity contribution in [1.29, 1.82) is 0 Å². The number of methoxy groups -OCH3 is 1. The summed E-state index contributed by atoms with van der Waals surface area (Å²) in [6.07, 6.45) is 0. The fourth-order valence-electron chi connectivity index (χ4n) is 3.67. The number of benzene rings is 3. The lowest BCUT2D eigenvalue weighted by atomic mass is 10.0. The van der Waals surface area contributed by atoms with Gasteiger partial charge < -0.3 is 19.9 Å². The molecule has 29 heavy (non-hydrogen) atoms. The highest BCUT2D eigenvalue weighted by molar-refractivity contribution is 9.10. The number of hydrogen-bond donors (Lipinski definition) is 1. The summed E-state index contributed by atoms with van der Waals surface area (Å²) in [7, 11) is 3.73. The van der Waals surface area contributed by atoms with Gasteiger partial charge in [0, 0.05) is 37.6 Å². The lowest BCUT2D eigenvalue weighted by Gasteiger charge is -2.34. The Morgan fingerprint density at radius 2 is 1.72 bits per heavy atom. The van der Waals surface area contributed by atoms with Crippen molar-refractivity contribution in [3.63, 3.8) is 0 Å². The minimum absolute atomic E-state index is 0.194. The number of amides is 1. The number of nitrogens with one attached hydrogen (secondary N) is 1. The number of nitrogens with zero attached hydrogens (tertiary/aromatic N) is 2. The predicted molar refractivity (Wildman–Crippen MR) is 122 cm³/mol. The van der Waals surface area contributed by atoms with Crippen LogP contribution in [0.5, 0.6) is 5.75 Å². The molecule has 150 valence electrons. The molecule has 1 saturated heterocycles. The van der Waals surface area contributed by atoms with Crippen LogP contribution in [0.15, 0.2) is 59.1 Å². The minimum Gasteiger partial charge on any atom is -0.495 e. The Hall–Kier alpha value is -2.57. The van der Waals surface area contributed by atoms with Crippen molar-refractivity contribution in [2.24, 2.45) is 0 Å². The number of likely N-dealkylation sites (N-methyl/N-ethyl adjacent to an activating group) is 1. The van der Waals surface area contributed by atoms with E-state index in [4.69, 9.17) is 4.74 Å². The zero-order valence-corrected chi connectivity index (χ0v) is 18.2. The van der Waals surface area contributed by atoms with Crippen molar-refractivity contribution >= 4 is 44.0 Å². The Morgan fingerprint density at radius 3 is 2.41 bits per heavy atom. The molecule has 0 aromatic heterocycles. The van der Waals surface area contributed by atoms with Gasteiger partial charge in [-0.2, -0.15) is 0 Å². The van der Waals surface area contributed by atoms with E-state index in [-0.39, 0.29) is 5.91 Å². The summed E-state index contributed by atoms with van der Waals surface area (Å²) in [6.45, 7) is 4.17. The highest BCUT2D eigenvalue weighted by Gasteiger charge is 2.19. The van der Waals surface area contributed by atoms with Crippen LogP contribution >= 0.6 is 15.9 Å². The quantitative estimate of drug-likeness (QED) is 0.625. The highest BCUT2D eigenvalue weighted by Crippen LogP contribution is 2.37. The molecule has 0 unspecified atom stereocenters. The van der Waals surface area contributed by atoms with Gasteiger partial charge in [-0.05, 0) is 64.1 Å². The maximum atomic E-state index is 13.0. The van der Waals surface area contributed by atoms with E-state index >= 15 is 0 Å². The van der Waals surface area contributed by atoms with E-state index in [1.54, 1.807) is 7.11 Å². The first-order chi connectivity index (χ1) is 14.1. The van der Waals surface area contributed by atoms with E-state index in [9.17, 15) is 4.79 Å². The SMILES string of the molecule is COc1c(C(=O)Nc2ccc(N3CCN(C)CC3)cc2)cc2ccccc2c1Br. The van der Waals surface area contributed by atoms with Crippen LogP contribution in [-0.4, -0.2) is 51.1 Å². The van der Waals surface area contributed by atoms with Crippen LogP contribution in [0.3, 0.4) is 0 Å². The third kappa shape index (κ3) is 4.09. The summed E-state index contributed by atoms with van der Waals surface area (Å²) < 4.78 is 6.32. The van der Waals surface area contributed by atoms with Crippen LogP contribution in [0.2, 0.25) is 0 Å². The Kier molecular flexibility index (Phi) is 5.74. The maximum Gasteiger partial charge on any atom is 0.259 e. The van der Waals surface area contributed by atoms with Crippen LogP contribution in [0.25, 0.3) is 10.8 Å². The van der Waals surface area contributed by atoms with Crippen molar-refractivity contribution < 1.29 is 9.53 Å². The number of rotatable bonds is 4. The molecule has 1 fully saturated rings. The third-order valence-corrected chi connectivity index (χ3v) is 6.17. The molecule has 0 saturated carbocycles. The van der Waals surface area contributed by atoms with E-state index in [1.807, 2.05) is 42.5 Å². The molecule has 0 aliphatic carbocycles. The number of piperazine rings is 1. The second-order valence-corrected chi connectivity index (χ2v) is 8.08. The van der Waals surface area contributed by atoms with Gasteiger partial charge in [-0.1, -0.05) is 24.3 Å². The van der Waals surface area contributed by atoms with E-state index < -0.39 is 0 Å². The molecule has 1 aliphatic rings. The monoisotopic (exact) mass is 453 g/mol. The molecule has 0 bridgehead atoms. The molecule has 5 nitrogen and oxygen atoms in total. The van der Waals surface area contributed by atoms with Crippen LogP contribution in [0.1, 0.15) is 10.4 Å². The summed E-state index contributed by atoms with van der Waals surface area (Å²) in [5.74, 6) is 0.343. The standard InChI is InChI=1S/C23H24BrN3O2/c1-26-11-13-27(14-12-26)18-9-7-17(8-10-18)25-23(28)20-15-16-5-3-4-6-19(16)21(24)22(20)29-2/h3-10,15H,11-14H2,1-2H3,(H,25,28). The van der Waals surface area contributed by atoms with E-state index in [0.29, 0.717) is 11.3 Å². The predicted octanol–water partition coefficient (Wildman–Crippen LogP) is 4.62. The molecular formula is C23H24BrN3O2. The van der Waals surface area contributed by atoms with Gasteiger partial charge in [0.1, 0.15) is 5.75 Å². The summed E-state index contributed by atoms with van der Waals surface area (Å²) >= 11 is 3.59. The molecular weight excluding hydrogens is 430 g/mol. The van der Waals surface area contributed by atoms with Crippen LogP contribution < -0.4 is 15.0 Å². The molecule has 1 amide bonds. The van der Waals surface area contributed by atoms with Gasteiger partial charge >= 0.3 is 0 Å². The fraction of sp³-hybridized carbons (Fsp3) is 0.261. The average molecular weight is 454 g/mol. The van der Waals surface area contributed by atoms with Crippen molar-refractivity contribution in [3.8, 4) is 5.75 Å². The molecule has 3 aromatic rings. The van der Waals surface area contributed by atoms with E-state index in [0.717, 1.165) is 47.1 Å². The van der Waals surface area contributed by atoms with Crippen molar-refractivity contribution in [3.05, 3.63) is 64.6 Å². The number of anilines is 2. The zero-order chi connectivity index (χ0) is 20.4. The topological polar surface area (TPSA) is 44.8 Å². The number of carbonyl (C=O) groups is 1. The first-order valence-corrected chi connectivity index (χ1v) is 10.5. The Labute approximate surface area is 179 Å². The van der Waals surface area contributed by atoms with Crippen molar-refractivity contribution in [2.45, 2.75) is 0 Å². The van der Waals surface area contributed by atoms with Gasteiger partial charge in [0.2, 0.25) is 0 Å². The van der Waals surface area contributed by atoms with Gasteiger partial charge in [-0.15, -0.1) is 0 Å². The number of fused-ring (bicyclic) bond motifs is 1. The summed E-state index contributed by atoms with van der Waals surface area (Å²) in [6, 6.07) is 17.8. The highest BCUT2D eigenvalue weighted by atomic mass is 79.9. The summed E-state index contributed by atoms with van der Waals surface area (Å²) in [5, 5.41) is 4.99. The zero-order valence-electron chi connectivity index (χ0n) is 16.6. The van der Waals surface area contributed by atoms with Crippen molar-refractivity contribution in [1.82, 2.24) is 4.90 Å². The fourth-order valence-corrected chi connectivity index (χ4v) is 4.41. The van der Waals surface area contributed by atoms with Gasteiger partial charge in [0.15, 0.2) is 0 Å². The third-order valence-electron chi connectivity index (χ3n) is 5.38. The first kappa shape index (κ1) is 19.7. The van der Waals surface area contributed by atoms with Gasteiger partial charge in [0.05, 0.1) is 17.1 Å². The molecule has 0 radical (unpaired) electrons. The summed E-state index contributed by atoms with van der Waals surface area (Å²) in [5.41, 5.74) is 2.45. The number of carbonyl (C=O) groups excluding carboxylic acids is 1. The van der Waals surface area contributed by atoms with E-state index in [1.165, 1.54) is 5.69 Å². The lowest BCUT2D eigenvalue weighted by molar-refractivity contribution is 0.102. The second kappa shape index (κ2) is 8.43. The van der Waals surface area contributed by atoms with Gasteiger partial charge in [-0.3, -0.25) is 4.79 Å². The number of ether oxygens (including phenoxy) is 1. The second-order valence-electron chi connectivity index (χ2n) is 7.28. The lowest BCUT2D eigenvalue weighted by Crippen LogP contribution is -2.44. The Bertz CT molecular complexity index is 1030. The molecule has 0 atom stereocenters. The minimum atomic E-state index is -0.194. The van der Waals surface area contributed by atoms with Crippen molar-refractivity contribution in [2.75, 3.05) is 50.6 Å². The molecule has 1 N–H and O–H groups in total. The normalized spacial score (nSPS) is 14.8. The average Bonchev–Trinajstić information content (AvgIpc) is 2.75. The summed E-state index contributed by atoms with van der Waals surface area (Å²) in [4.78, 5) is 17.7. The smallest absolute Gasteiger partial charge is 0.259 e. The van der Waals surface area contributed by atoms with Crippen LogP contribution in [0.4, 0.5) is 11.4 Å². The van der Waals surface area contributed by atoms with Gasteiger partial charge in [0.25, 0.3) is 5.91 Å². The van der Waals surface area contributed by atoms with Crippen LogP contribution in [-0.2, 0) is 0 Å². The molecule has 3 aromatic carbocycles. The molecule has 1 aliphatic heterocycles. The largest absolute Gasteiger partial charge is 0.495 e. The Morgan fingerprint density at radius 1 is 1.03 bits per heavy atom. The van der Waals surface area contributed by atoms with E-state index in [2.05, 4.69) is 50.2 Å². The molecule has 1 heterocycles. The molecule has 0 spiro atoms. The van der Waals surface area contributed by atoms with Gasteiger partial charge in [-0.25, -0.2) is 0 Å². The maximum absolute atomic E-state index is 13.0. The number of halogens is 1. The number of hydrogen-bond acceptors (Lipinski definition) is 4. The molecule has 6 heteroatoms. The first-order valence-electron chi connectivity index (χ1n) is 9.67. The molecule has 4 rings (SSSR count). The van der Waals surface area contributed by atoms with Crippen LogP contribution in [0, 0.1) is 0 Å².